The molecule has 6 N–H and O–H groups in total. The highest BCUT2D eigenvalue weighted by molar-refractivity contribution is 9.10. The molecule has 4 aliphatic rings. The average molecular weight is 1510 g/mol. The van der Waals surface area contributed by atoms with Gasteiger partial charge in [0.25, 0.3) is 11.4 Å². The second-order valence-electron chi connectivity index (χ2n) is 22.8. The number of hydrogen-bond donors (Lipinski definition) is 5. The van der Waals surface area contributed by atoms with Crippen molar-refractivity contribution < 1.29 is 62.6 Å². The van der Waals surface area contributed by atoms with Crippen LogP contribution in [-0.4, -0.2) is 89.0 Å². The van der Waals surface area contributed by atoms with E-state index in [1.165, 1.54) is 105 Å². The number of aryl methyl sites for hydroxylation is 3. The minimum absolute atomic E-state index is 0. The van der Waals surface area contributed by atoms with Gasteiger partial charge in [-0.05, 0) is 203 Å². The van der Waals surface area contributed by atoms with Gasteiger partial charge in [-0.1, -0.05) is 63.4 Å². The van der Waals surface area contributed by atoms with Crippen LogP contribution < -0.4 is 31.2 Å². The number of halogens is 3. The number of fused-ring (bicyclic) bond motifs is 1. The maximum absolute atomic E-state index is 12.3. The zero-order valence-corrected chi connectivity index (χ0v) is 58.5. The van der Waals surface area contributed by atoms with Gasteiger partial charge in [0.1, 0.15) is 29.8 Å². The number of non-ortho nitro benzene ring substituents is 2. The number of nitro benzene ring substituents is 2. The third kappa shape index (κ3) is 29.4. The largest absolute Gasteiger partial charge is 0.514 e. The number of aliphatic hydroxyl groups excluding tert-OH is 1. The molecule has 0 radical (unpaired) electrons. The third-order valence-electron chi connectivity index (χ3n) is 15.2. The lowest BCUT2D eigenvalue weighted by atomic mass is 9.98. The third-order valence-corrected chi connectivity index (χ3v) is 17.1. The van der Waals surface area contributed by atoms with Gasteiger partial charge in [-0.25, -0.2) is 24.2 Å². The van der Waals surface area contributed by atoms with Crippen LogP contribution in [0.3, 0.4) is 0 Å². The highest BCUT2D eigenvalue weighted by Crippen LogP contribution is 2.33. The number of carbonyl (C=O) groups is 5. The summed E-state index contributed by atoms with van der Waals surface area (Å²) in [6.07, 6.45) is 25.4. The number of pyridine rings is 3. The zero-order chi connectivity index (χ0) is 69.5. The first-order chi connectivity index (χ1) is 46.0. The molecule has 3 aromatic carbocycles. The van der Waals surface area contributed by atoms with Crippen molar-refractivity contribution in [1.29, 1.82) is 0 Å². The molecule has 3 amide bonds. The smallest absolute Gasteiger partial charge is 0.446 e. The lowest BCUT2D eigenvalue weighted by Gasteiger charge is -2.22. The highest BCUT2D eigenvalue weighted by atomic mass is 79.9. The minimum Gasteiger partial charge on any atom is -0.446 e. The number of nitrogen functional groups attached to an aromatic ring is 1. The van der Waals surface area contributed by atoms with Crippen LogP contribution in [0, 0.1) is 41.0 Å². The summed E-state index contributed by atoms with van der Waals surface area (Å²) in [5.41, 5.74) is 11.5. The van der Waals surface area contributed by atoms with Crippen LogP contribution in [0.2, 0.25) is 0 Å². The second kappa shape index (κ2) is 41.6. The van der Waals surface area contributed by atoms with Crippen molar-refractivity contribution in [2.75, 3.05) is 21.7 Å². The zero-order valence-electron chi connectivity index (χ0n) is 53.7. The molecule has 0 saturated heterocycles. The molecule has 7 aromatic rings. The number of nitrogens with one attached hydrogen (secondary N) is 3. The van der Waals surface area contributed by atoms with E-state index in [1.54, 1.807) is 18.6 Å². The van der Waals surface area contributed by atoms with Gasteiger partial charge >= 0.3 is 23.8 Å². The topological polar surface area (TPSA) is 352 Å². The maximum atomic E-state index is 12.3. The van der Waals surface area contributed by atoms with Gasteiger partial charge in [0.15, 0.2) is 5.13 Å². The molecule has 0 unspecified atom stereocenters. The molecule has 97 heavy (non-hydrogen) atoms. The summed E-state index contributed by atoms with van der Waals surface area (Å²) in [7, 11) is 0. The van der Waals surface area contributed by atoms with Gasteiger partial charge in [0.05, 0.1) is 60.3 Å². The number of nitro groups is 2. The Labute approximate surface area is 589 Å². The lowest BCUT2D eigenvalue weighted by molar-refractivity contribution is -0.385. The standard InChI is InChI=1S/C22H24N4O3S.C13H17BrN2O2.C13H15NO5.C7H4ClNO4.C6H7BrN2.C6H12O.CH4/c1-13-19(26-22(28)29-17-6-4-3-5-7-17)10-16(12-23-13)15-8-9-18-20(11-15)30-21(25-18)24-14(2)27;1-9-12(7-10(14)8-15-9)16-13(17)18-11-5-3-2-4-6-11;15-13(18-11-4-2-1-3-5-11)19-12-8-6-10(7-9-12)14(16)17;8-7(10)13-6-3-1-5(2-4-6)9(11)12;1-4-6(8)2-5(7)3-9-4;7-6-4-2-1-3-5-6;/h8-12,17H,3-7H2,1-2H3,(H,26,28)(H,24,25,27);7-8,11H,2-6H2,1H3,(H,16,17);6-9,11H,1-5H2;1-4H;2-3H,8H2,1H3;6-7H,1-5H2;1H4. The number of aromatic nitrogens is 4. The number of anilines is 4. The van der Waals surface area contributed by atoms with E-state index in [4.69, 9.17) is 41.4 Å². The Morgan fingerprint density at radius 2 is 1.00 bits per heavy atom. The lowest BCUT2D eigenvalue weighted by Crippen LogP contribution is -2.24. The maximum Gasteiger partial charge on any atom is 0.514 e. The van der Waals surface area contributed by atoms with Crippen molar-refractivity contribution in [1.82, 2.24) is 19.9 Å². The second-order valence-corrected chi connectivity index (χ2v) is 26.0. The summed E-state index contributed by atoms with van der Waals surface area (Å²) in [5.74, 6) is 0.268. The molecule has 0 aliphatic heterocycles. The molecule has 0 atom stereocenters. The van der Waals surface area contributed by atoms with Crippen molar-refractivity contribution >= 4 is 128 Å². The fourth-order valence-electron chi connectivity index (χ4n) is 10.1. The number of nitrogens with two attached hydrogens (primary N) is 1. The van der Waals surface area contributed by atoms with E-state index in [9.17, 15) is 44.2 Å². The number of thiazole rings is 1. The van der Waals surface area contributed by atoms with E-state index >= 15 is 0 Å². The monoisotopic (exact) mass is 1500 g/mol. The highest BCUT2D eigenvalue weighted by Gasteiger charge is 2.22. The minimum atomic E-state index is -0.978. The van der Waals surface area contributed by atoms with Gasteiger partial charge in [-0.2, -0.15) is 0 Å². The van der Waals surface area contributed by atoms with E-state index in [1.807, 2.05) is 57.2 Å². The summed E-state index contributed by atoms with van der Waals surface area (Å²) < 4.78 is 28.3. The Balaban J connectivity index is 0.000000223. The summed E-state index contributed by atoms with van der Waals surface area (Å²) in [4.78, 5) is 93.8. The molecule has 4 heterocycles. The SMILES string of the molecule is C.CC(=O)Nc1nc2ccc(-c3cnc(C)c(NC(=O)OC4CCCCC4)c3)cc2s1.Cc1ncc(Br)cc1N.Cc1ncc(Br)cc1NC(=O)OC1CCCCC1.O=C(Cl)Oc1ccc([N+](=O)[O-])cc1.O=C(Oc1ccc([N+](=O)[O-])cc1)OC1CCCCC1.OC1CCCCC1. The Hall–Kier alpha value is -8.44. The fraction of sp³-hybridized carbons (Fsp3) is 0.426. The molecule has 4 fully saturated rings. The predicted molar refractivity (Wildman–Crippen MR) is 381 cm³/mol. The Kier molecular flexibility index (Phi) is 34.0. The normalized spacial score (nSPS) is 14.6. The number of carbonyl (C=O) groups excluding carboxylic acids is 5. The van der Waals surface area contributed by atoms with Crippen LogP contribution in [0.5, 0.6) is 11.5 Å². The first kappa shape index (κ1) is 79.3. The van der Waals surface area contributed by atoms with Gasteiger partial charge in [0, 0.05) is 75.9 Å². The number of rotatable bonds is 11. The Bertz CT molecular complexity index is 3700. The first-order valence-corrected chi connectivity index (χ1v) is 34.3. The van der Waals surface area contributed by atoms with E-state index in [0.29, 0.717) is 16.5 Å². The Morgan fingerprint density at radius 1 is 0.567 bits per heavy atom. The molecule has 4 aromatic heterocycles. The number of nitrogens with zero attached hydrogens (tertiary/aromatic N) is 6. The molecule has 25 nitrogen and oxygen atoms in total. The Morgan fingerprint density at radius 3 is 1.43 bits per heavy atom. The van der Waals surface area contributed by atoms with Crippen molar-refractivity contribution in [3.8, 4) is 22.6 Å². The number of benzene rings is 3. The average Bonchev–Trinajstić information content (AvgIpc) is 1.74. The molecule has 0 bridgehead atoms. The van der Waals surface area contributed by atoms with Crippen LogP contribution in [0.15, 0.2) is 112 Å². The van der Waals surface area contributed by atoms with E-state index in [-0.39, 0.29) is 66.7 Å². The fourth-order valence-corrected chi connectivity index (χ4v) is 11.8. The molecule has 11 rings (SSSR count). The molecule has 522 valence electrons. The quantitative estimate of drug-likeness (QED) is 0.0200. The molecule has 0 spiro atoms. The molecular formula is C68H83Br2ClN10O15S. The first-order valence-electron chi connectivity index (χ1n) is 31.5. The molecule has 4 saturated carbocycles. The van der Waals surface area contributed by atoms with Gasteiger partial charge in [-0.3, -0.25) is 50.6 Å². The summed E-state index contributed by atoms with van der Waals surface area (Å²) in [5, 5.41) is 38.5. The van der Waals surface area contributed by atoms with Crippen molar-refractivity contribution in [3.63, 3.8) is 0 Å². The molecule has 4 aliphatic carbocycles. The van der Waals surface area contributed by atoms with Crippen molar-refractivity contribution in [3.05, 3.63) is 150 Å². The van der Waals surface area contributed by atoms with Gasteiger partial charge < -0.3 is 39.8 Å². The molecule has 29 heteroatoms. The summed E-state index contributed by atoms with van der Waals surface area (Å²) >= 11 is 12.9. The number of amides is 3. The van der Waals surface area contributed by atoms with Crippen molar-refractivity contribution in [2.24, 2.45) is 0 Å². The predicted octanol–water partition coefficient (Wildman–Crippen LogP) is 19.0. The van der Waals surface area contributed by atoms with Gasteiger partial charge in [0.2, 0.25) is 5.91 Å². The van der Waals surface area contributed by atoms with E-state index < -0.39 is 27.5 Å². The molecular weight excluding hydrogens is 1420 g/mol. The van der Waals surface area contributed by atoms with Gasteiger partial charge in [-0.15, -0.1) is 0 Å². The van der Waals surface area contributed by atoms with Crippen LogP contribution >= 0.6 is 54.8 Å². The van der Waals surface area contributed by atoms with E-state index in [0.717, 1.165) is 143 Å². The van der Waals surface area contributed by atoms with Crippen LogP contribution in [0.4, 0.5) is 52.7 Å². The van der Waals surface area contributed by atoms with Crippen LogP contribution in [-0.2, 0) is 19.0 Å². The summed E-state index contributed by atoms with van der Waals surface area (Å²) in [6, 6.07) is 21.8. The number of ether oxygens (including phenoxy) is 5. The van der Waals surface area contributed by atoms with Crippen LogP contribution in [0.1, 0.15) is 160 Å². The van der Waals surface area contributed by atoms with Crippen molar-refractivity contribution in [2.45, 2.75) is 188 Å². The van der Waals surface area contributed by atoms with E-state index in [2.05, 4.69) is 72.5 Å². The van der Waals surface area contributed by atoms with Crippen LogP contribution in [0.25, 0.3) is 21.3 Å². The number of aliphatic hydroxyl groups is 1. The summed E-state index contributed by atoms with van der Waals surface area (Å²) in [6.45, 7) is 7.04. The number of hydrogen-bond acceptors (Lipinski definition) is 21.